The molecule has 0 bridgehead atoms. The number of rotatable bonds is 18. The molecule has 1 aliphatic rings. The Balaban J connectivity index is 1.85. The average Bonchev–Trinajstić information content (AvgIpc) is 3.02. The van der Waals surface area contributed by atoms with E-state index in [1.165, 1.54) is 0 Å². The van der Waals surface area contributed by atoms with Gasteiger partial charge >= 0.3 is 0 Å². The maximum absolute atomic E-state index is 12.1. The molecule has 0 saturated carbocycles. The molecular formula is C22H36N2O7. The molecule has 0 aromatic carbocycles. The molecule has 2 N–H and O–H groups in total. The summed E-state index contributed by atoms with van der Waals surface area (Å²) in [6, 6.07) is 0. The zero-order chi connectivity index (χ0) is 22.6. The van der Waals surface area contributed by atoms with Crippen molar-refractivity contribution in [3.05, 3.63) is 35.6 Å². The molecule has 1 rings (SSSR count). The molecule has 31 heavy (non-hydrogen) atoms. The van der Waals surface area contributed by atoms with E-state index in [1.807, 2.05) is 19.1 Å². The number of carbonyl (C=O) groups excluding carboxylic acids is 2. The molecule has 2 amide bonds. The minimum atomic E-state index is -0.132. The second kappa shape index (κ2) is 18.6. The molecule has 0 radical (unpaired) electrons. The van der Waals surface area contributed by atoms with Gasteiger partial charge in [-0.05, 0) is 19.1 Å². The van der Waals surface area contributed by atoms with Crippen LogP contribution in [0.2, 0.25) is 0 Å². The number of hydrogen-bond acceptors (Lipinski definition) is 7. The van der Waals surface area contributed by atoms with Gasteiger partial charge in [0.25, 0.3) is 5.91 Å². The Kier molecular flexibility index (Phi) is 16.1. The van der Waals surface area contributed by atoms with Gasteiger partial charge in [-0.1, -0.05) is 12.2 Å². The SMILES string of the molecule is CCNC(=O)CCOCCOCCOCCOCCNC(=O)C1=CCC(OC)=CC=C1. The fourth-order valence-electron chi connectivity index (χ4n) is 2.48. The Labute approximate surface area is 184 Å². The number of hydrogen-bond donors (Lipinski definition) is 2. The standard InChI is InChI=1S/C22H36N2O7/c1-3-23-21(25)9-11-28-13-15-30-17-18-31-16-14-29-12-10-24-22(26)19-5-4-6-20(27-2)8-7-19/h4-7H,3,8-18H2,1-2H3,(H,23,25)(H,24,26). The third-order valence-electron chi connectivity index (χ3n) is 4.10. The van der Waals surface area contributed by atoms with Crippen molar-refractivity contribution in [1.29, 1.82) is 0 Å². The maximum atomic E-state index is 12.1. The summed E-state index contributed by atoms with van der Waals surface area (Å²) in [5.74, 6) is 0.677. The molecule has 1 aliphatic carbocycles. The van der Waals surface area contributed by atoms with Gasteiger partial charge in [-0.2, -0.15) is 0 Å². The monoisotopic (exact) mass is 440 g/mol. The summed E-state index contributed by atoms with van der Waals surface area (Å²) in [6.07, 6.45) is 8.20. The van der Waals surface area contributed by atoms with E-state index in [9.17, 15) is 9.59 Å². The van der Waals surface area contributed by atoms with Crippen LogP contribution in [0.4, 0.5) is 0 Å². The van der Waals surface area contributed by atoms with Crippen LogP contribution in [0.3, 0.4) is 0 Å². The number of ether oxygens (including phenoxy) is 5. The summed E-state index contributed by atoms with van der Waals surface area (Å²) in [7, 11) is 1.61. The van der Waals surface area contributed by atoms with Gasteiger partial charge in [0.15, 0.2) is 0 Å². The highest BCUT2D eigenvalue weighted by Crippen LogP contribution is 2.12. The van der Waals surface area contributed by atoms with Crippen LogP contribution >= 0.6 is 0 Å². The van der Waals surface area contributed by atoms with Gasteiger partial charge in [-0.3, -0.25) is 9.59 Å². The lowest BCUT2D eigenvalue weighted by Gasteiger charge is -2.08. The molecule has 0 fully saturated rings. The molecule has 0 aromatic rings. The second-order valence-corrected chi connectivity index (χ2v) is 6.47. The van der Waals surface area contributed by atoms with E-state index >= 15 is 0 Å². The van der Waals surface area contributed by atoms with Crippen molar-refractivity contribution in [3.8, 4) is 0 Å². The summed E-state index contributed by atoms with van der Waals surface area (Å²) in [4.78, 5) is 23.3. The van der Waals surface area contributed by atoms with Gasteiger partial charge in [-0.25, -0.2) is 0 Å². The topological polar surface area (TPSA) is 104 Å². The van der Waals surface area contributed by atoms with Gasteiger partial charge in [0.05, 0.1) is 65.7 Å². The molecular weight excluding hydrogens is 404 g/mol. The van der Waals surface area contributed by atoms with Crippen molar-refractivity contribution in [3.63, 3.8) is 0 Å². The van der Waals surface area contributed by atoms with Crippen LogP contribution in [0.25, 0.3) is 0 Å². The first-order valence-corrected chi connectivity index (χ1v) is 10.6. The van der Waals surface area contributed by atoms with Gasteiger partial charge in [-0.15, -0.1) is 0 Å². The molecule has 9 heteroatoms. The van der Waals surface area contributed by atoms with Gasteiger partial charge < -0.3 is 34.3 Å². The maximum Gasteiger partial charge on any atom is 0.251 e. The van der Waals surface area contributed by atoms with Crippen LogP contribution < -0.4 is 10.6 Å². The molecule has 0 aliphatic heterocycles. The number of amides is 2. The van der Waals surface area contributed by atoms with E-state index in [-0.39, 0.29) is 11.8 Å². The van der Waals surface area contributed by atoms with Crippen LogP contribution in [-0.4, -0.2) is 84.9 Å². The predicted octanol–water partition coefficient (Wildman–Crippen LogP) is 1.11. The Morgan fingerprint density at radius 2 is 1.52 bits per heavy atom. The molecule has 0 spiro atoms. The quantitative estimate of drug-likeness (QED) is 0.308. The van der Waals surface area contributed by atoms with E-state index in [4.69, 9.17) is 23.7 Å². The van der Waals surface area contributed by atoms with E-state index in [0.29, 0.717) is 84.4 Å². The van der Waals surface area contributed by atoms with Crippen LogP contribution in [0.15, 0.2) is 35.6 Å². The summed E-state index contributed by atoms with van der Waals surface area (Å²) < 4.78 is 26.7. The van der Waals surface area contributed by atoms with Gasteiger partial charge in [0.2, 0.25) is 5.91 Å². The van der Waals surface area contributed by atoms with Crippen molar-refractivity contribution in [2.24, 2.45) is 0 Å². The Hall–Kier alpha value is -2.20. The average molecular weight is 441 g/mol. The molecule has 0 saturated heterocycles. The Morgan fingerprint density at radius 3 is 2.13 bits per heavy atom. The Bertz CT molecular complexity index is 603. The van der Waals surface area contributed by atoms with Crippen LogP contribution in [0.1, 0.15) is 19.8 Å². The highest BCUT2D eigenvalue weighted by atomic mass is 16.6. The third kappa shape index (κ3) is 14.4. The highest BCUT2D eigenvalue weighted by Gasteiger charge is 2.08. The number of nitrogens with one attached hydrogen (secondary N) is 2. The van der Waals surface area contributed by atoms with Gasteiger partial charge in [0, 0.05) is 31.5 Å². The van der Waals surface area contributed by atoms with Crippen LogP contribution in [0, 0.1) is 0 Å². The van der Waals surface area contributed by atoms with E-state index in [1.54, 1.807) is 19.3 Å². The second-order valence-electron chi connectivity index (χ2n) is 6.47. The van der Waals surface area contributed by atoms with Crippen LogP contribution in [-0.2, 0) is 33.3 Å². The molecule has 176 valence electrons. The molecule has 0 atom stereocenters. The van der Waals surface area contributed by atoms with Crippen LogP contribution in [0.5, 0.6) is 0 Å². The van der Waals surface area contributed by atoms with Crippen molar-refractivity contribution in [2.45, 2.75) is 19.8 Å². The van der Waals surface area contributed by atoms with E-state index < -0.39 is 0 Å². The van der Waals surface area contributed by atoms with Crippen molar-refractivity contribution < 1.29 is 33.3 Å². The lowest BCUT2D eigenvalue weighted by atomic mass is 10.2. The highest BCUT2D eigenvalue weighted by molar-refractivity contribution is 5.96. The molecule has 0 aromatic heterocycles. The minimum Gasteiger partial charge on any atom is -0.501 e. The summed E-state index contributed by atoms with van der Waals surface area (Å²) in [5, 5.41) is 5.53. The predicted molar refractivity (Wildman–Crippen MR) is 117 cm³/mol. The molecule has 9 nitrogen and oxygen atoms in total. The van der Waals surface area contributed by atoms with Crippen molar-refractivity contribution in [1.82, 2.24) is 10.6 Å². The summed E-state index contributed by atoms with van der Waals surface area (Å²) in [6.45, 7) is 6.51. The lowest BCUT2D eigenvalue weighted by molar-refractivity contribution is -0.122. The number of methoxy groups -OCH3 is 1. The third-order valence-corrected chi connectivity index (χ3v) is 4.10. The van der Waals surface area contributed by atoms with Crippen molar-refractivity contribution >= 4 is 11.8 Å². The zero-order valence-corrected chi connectivity index (χ0v) is 18.7. The zero-order valence-electron chi connectivity index (χ0n) is 18.7. The summed E-state index contributed by atoms with van der Waals surface area (Å²) >= 11 is 0. The first-order chi connectivity index (χ1) is 15.2. The van der Waals surface area contributed by atoms with Gasteiger partial charge in [0.1, 0.15) is 0 Å². The fraction of sp³-hybridized carbons (Fsp3) is 0.636. The Morgan fingerprint density at radius 1 is 0.903 bits per heavy atom. The first-order valence-electron chi connectivity index (χ1n) is 10.6. The largest absolute Gasteiger partial charge is 0.501 e. The number of allylic oxidation sites excluding steroid dienone is 3. The number of carbonyl (C=O) groups is 2. The van der Waals surface area contributed by atoms with Crippen molar-refractivity contribution in [2.75, 3.05) is 73.1 Å². The smallest absolute Gasteiger partial charge is 0.251 e. The minimum absolute atomic E-state index is 0.00538. The fourth-order valence-corrected chi connectivity index (χ4v) is 2.48. The lowest BCUT2D eigenvalue weighted by Crippen LogP contribution is -2.28. The van der Waals surface area contributed by atoms with E-state index in [0.717, 1.165) is 5.76 Å². The normalized spacial score (nSPS) is 13.2. The first kappa shape index (κ1) is 26.8. The summed E-state index contributed by atoms with van der Waals surface area (Å²) in [5.41, 5.74) is 0.610. The molecule has 0 unspecified atom stereocenters. The van der Waals surface area contributed by atoms with E-state index in [2.05, 4.69) is 10.6 Å². The molecule has 0 heterocycles.